The van der Waals surface area contributed by atoms with Gasteiger partial charge in [0.15, 0.2) is 0 Å². The number of alkyl carbamates (subject to hydrolysis) is 1. The Morgan fingerprint density at radius 1 is 1.45 bits per heavy atom. The predicted octanol–water partition coefficient (Wildman–Crippen LogP) is 1.23. The van der Waals surface area contributed by atoms with Gasteiger partial charge in [0.25, 0.3) is 5.22 Å². The van der Waals surface area contributed by atoms with E-state index < -0.39 is 23.6 Å². The average Bonchev–Trinajstić information content (AvgIpc) is 2.71. The Kier molecular flexibility index (Phi) is 5.37. The summed E-state index contributed by atoms with van der Waals surface area (Å²) in [5.41, 5.74) is 4.43. The number of hydrogen-bond acceptors (Lipinski definition) is 7. The quantitative estimate of drug-likeness (QED) is 0.785. The SMILES string of the molecule is C[C@@H](NC(=O)OC(C)(C)C)c1nnc(SCC(N)=O)o1. The second-order valence-corrected chi connectivity index (χ2v) is 5.96. The van der Waals surface area contributed by atoms with Crippen molar-refractivity contribution in [2.24, 2.45) is 5.73 Å². The summed E-state index contributed by atoms with van der Waals surface area (Å²) < 4.78 is 10.4. The number of carbonyl (C=O) groups is 2. The third kappa shape index (κ3) is 5.91. The van der Waals surface area contributed by atoms with Crippen LogP contribution >= 0.6 is 11.8 Å². The highest BCUT2D eigenvalue weighted by molar-refractivity contribution is 7.99. The Balaban J connectivity index is 2.53. The van der Waals surface area contributed by atoms with Crippen LogP contribution in [-0.2, 0) is 9.53 Å². The first kappa shape index (κ1) is 16.3. The van der Waals surface area contributed by atoms with Crippen LogP contribution in [-0.4, -0.2) is 33.6 Å². The number of ether oxygens (including phenoxy) is 1. The summed E-state index contributed by atoms with van der Waals surface area (Å²) >= 11 is 1.04. The smallest absolute Gasteiger partial charge is 0.408 e. The van der Waals surface area contributed by atoms with E-state index in [1.54, 1.807) is 27.7 Å². The monoisotopic (exact) mass is 302 g/mol. The first-order chi connectivity index (χ1) is 9.17. The second-order valence-electron chi connectivity index (χ2n) is 5.03. The van der Waals surface area contributed by atoms with Crippen LogP contribution in [0.4, 0.5) is 4.79 Å². The fourth-order valence-electron chi connectivity index (χ4n) is 1.13. The van der Waals surface area contributed by atoms with Crippen LogP contribution in [0.2, 0.25) is 0 Å². The van der Waals surface area contributed by atoms with Gasteiger partial charge in [0.1, 0.15) is 11.6 Å². The summed E-state index contributed by atoms with van der Waals surface area (Å²) in [5.74, 6) is -0.201. The largest absolute Gasteiger partial charge is 0.444 e. The fraction of sp³-hybridized carbons (Fsp3) is 0.636. The van der Waals surface area contributed by atoms with Crippen molar-refractivity contribution in [1.29, 1.82) is 0 Å². The van der Waals surface area contributed by atoms with E-state index in [0.29, 0.717) is 0 Å². The number of nitrogens with two attached hydrogens (primary N) is 1. The molecule has 8 nitrogen and oxygen atoms in total. The molecule has 0 radical (unpaired) electrons. The second kappa shape index (κ2) is 6.60. The van der Waals surface area contributed by atoms with E-state index in [4.69, 9.17) is 14.9 Å². The van der Waals surface area contributed by atoms with Gasteiger partial charge in [-0.2, -0.15) is 0 Å². The molecule has 0 saturated heterocycles. The number of hydrogen-bond donors (Lipinski definition) is 2. The van der Waals surface area contributed by atoms with Gasteiger partial charge in [-0.1, -0.05) is 11.8 Å². The van der Waals surface area contributed by atoms with E-state index in [2.05, 4.69) is 15.5 Å². The third-order valence-corrected chi connectivity index (χ3v) is 2.70. The van der Waals surface area contributed by atoms with Crippen LogP contribution in [0.3, 0.4) is 0 Å². The molecule has 1 rings (SSSR count). The highest BCUT2D eigenvalue weighted by Gasteiger charge is 2.21. The molecule has 1 aromatic rings. The summed E-state index contributed by atoms with van der Waals surface area (Å²) in [6.07, 6.45) is -0.575. The van der Waals surface area contributed by atoms with Crippen LogP contribution in [0.25, 0.3) is 0 Å². The number of thioether (sulfide) groups is 1. The maximum absolute atomic E-state index is 11.6. The van der Waals surface area contributed by atoms with Gasteiger partial charge in [-0.05, 0) is 27.7 Å². The molecule has 9 heteroatoms. The predicted molar refractivity (Wildman–Crippen MR) is 72.0 cm³/mol. The van der Waals surface area contributed by atoms with Crippen molar-refractivity contribution in [2.45, 2.75) is 44.6 Å². The Hall–Kier alpha value is -1.77. The zero-order valence-corrected chi connectivity index (χ0v) is 12.6. The van der Waals surface area contributed by atoms with Crippen molar-refractivity contribution < 1.29 is 18.7 Å². The lowest BCUT2D eigenvalue weighted by atomic mass is 10.2. The minimum absolute atomic E-state index is 0.0511. The van der Waals surface area contributed by atoms with Crippen molar-refractivity contribution in [1.82, 2.24) is 15.5 Å². The molecule has 0 aromatic carbocycles. The fourth-order valence-corrected chi connectivity index (χ4v) is 1.64. The molecule has 1 atom stereocenters. The lowest BCUT2D eigenvalue weighted by Crippen LogP contribution is -2.34. The Morgan fingerprint density at radius 3 is 2.65 bits per heavy atom. The molecule has 0 fully saturated rings. The van der Waals surface area contributed by atoms with Gasteiger partial charge in [-0.25, -0.2) is 4.79 Å². The number of primary amides is 1. The average molecular weight is 302 g/mol. The highest BCUT2D eigenvalue weighted by atomic mass is 32.2. The summed E-state index contributed by atoms with van der Waals surface area (Å²) in [6, 6.07) is -0.500. The molecule has 0 aliphatic carbocycles. The van der Waals surface area contributed by atoms with Crippen molar-refractivity contribution in [2.75, 3.05) is 5.75 Å². The molecule has 0 unspecified atom stereocenters. The van der Waals surface area contributed by atoms with Crippen LogP contribution in [0, 0.1) is 0 Å². The zero-order chi connectivity index (χ0) is 15.3. The van der Waals surface area contributed by atoms with Gasteiger partial charge in [-0.15, -0.1) is 10.2 Å². The molecule has 0 bridgehead atoms. The molecule has 3 N–H and O–H groups in total. The van der Waals surface area contributed by atoms with Crippen molar-refractivity contribution in [3.05, 3.63) is 5.89 Å². The summed E-state index contributed by atoms with van der Waals surface area (Å²) in [4.78, 5) is 22.2. The van der Waals surface area contributed by atoms with Gasteiger partial charge >= 0.3 is 6.09 Å². The summed E-state index contributed by atoms with van der Waals surface area (Å²) in [6.45, 7) is 6.98. The van der Waals surface area contributed by atoms with E-state index in [0.717, 1.165) is 11.8 Å². The van der Waals surface area contributed by atoms with Gasteiger partial charge < -0.3 is 20.2 Å². The number of carbonyl (C=O) groups excluding carboxylic acids is 2. The Labute approximate surface area is 120 Å². The number of aromatic nitrogens is 2. The number of amides is 2. The molecule has 0 spiro atoms. The van der Waals surface area contributed by atoms with Crippen molar-refractivity contribution >= 4 is 23.8 Å². The molecule has 0 aliphatic rings. The van der Waals surface area contributed by atoms with Crippen LogP contribution in [0.15, 0.2) is 9.64 Å². The van der Waals surface area contributed by atoms with E-state index in [9.17, 15) is 9.59 Å². The molecule has 1 aromatic heterocycles. The minimum Gasteiger partial charge on any atom is -0.444 e. The standard InChI is InChI=1S/C11H18N4O4S/c1-6(13-9(17)19-11(2,3)4)8-14-15-10(18-8)20-5-7(12)16/h6H,5H2,1-4H3,(H2,12,16)(H,13,17)/t6-/m1/s1. The normalized spacial score (nSPS) is 12.8. The molecule has 20 heavy (non-hydrogen) atoms. The highest BCUT2D eigenvalue weighted by Crippen LogP contribution is 2.19. The lowest BCUT2D eigenvalue weighted by Gasteiger charge is -2.20. The minimum atomic E-state index is -0.582. The maximum Gasteiger partial charge on any atom is 0.408 e. The lowest BCUT2D eigenvalue weighted by molar-refractivity contribution is -0.115. The van der Waals surface area contributed by atoms with E-state index >= 15 is 0 Å². The Bertz CT molecular complexity index is 483. The first-order valence-electron chi connectivity index (χ1n) is 5.91. The van der Waals surface area contributed by atoms with E-state index in [1.807, 2.05) is 0 Å². The van der Waals surface area contributed by atoms with Crippen LogP contribution in [0.5, 0.6) is 0 Å². The first-order valence-corrected chi connectivity index (χ1v) is 6.90. The molecular formula is C11H18N4O4S. The number of nitrogens with one attached hydrogen (secondary N) is 1. The Morgan fingerprint density at radius 2 is 2.10 bits per heavy atom. The van der Waals surface area contributed by atoms with Gasteiger partial charge in [0.05, 0.1) is 5.75 Å². The van der Waals surface area contributed by atoms with Gasteiger partial charge in [0, 0.05) is 0 Å². The van der Waals surface area contributed by atoms with Gasteiger partial charge in [-0.3, -0.25) is 4.79 Å². The summed E-state index contributed by atoms with van der Waals surface area (Å²) in [7, 11) is 0. The van der Waals surface area contributed by atoms with Crippen molar-refractivity contribution in [3.8, 4) is 0 Å². The van der Waals surface area contributed by atoms with E-state index in [1.165, 1.54) is 0 Å². The van der Waals surface area contributed by atoms with Crippen LogP contribution in [0.1, 0.15) is 39.6 Å². The number of nitrogens with zero attached hydrogens (tertiary/aromatic N) is 2. The topological polar surface area (TPSA) is 120 Å². The summed E-state index contributed by atoms with van der Waals surface area (Å²) in [5, 5.41) is 10.3. The van der Waals surface area contributed by atoms with Gasteiger partial charge in [0.2, 0.25) is 11.8 Å². The van der Waals surface area contributed by atoms with Crippen molar-refractivity contribution in [3.63, 3.8) is 0 Å². The molecule has 0 saturated carbocycles. The van der Waals surface area contributed by atoms with Crippen LogP contribution < -0.4 is 11.1 Å². The molecule has 1 heterocycles. The maximum atomic E-state index is 11.6. The molecule has 0 aliphatic heterocycles. The molecule has 112 valence electrons. The third-order valence-electron chi connectivity index (χ3n) is 1.86. The number of rotatable bonds is 5. The van der Waals surface area contributed by atoms with E-state index in [-0.39, 0.29) is 16.9 Å². The zero-order valence-electron chi connectivity index (χ0n) is 11.8. The molecular weight excluding hydrogens is 284 g/mol. The molecule has 2 amide bonds.